The zero-order valence-corrected chi connectivity index (χ0v) is 23.6. The predicted molar refractivity (Wildman–Crippen MR) is 159 cm³/mol. The predicted octanol–water partition coefficient (Wildman–Crippen LogP) is 4.16. The van der Waals surface area contributed by atoms with E-state index in [-0.39, 0.29) is 30.1 Å². The number of aromatic nitrogens is 1. The SMILES string of the molecule is CCCN(CCC)C(=O)C1=Cc2c(C)cc(-c3ccc4c(=O)n(CC(=O)NC)c(C)cc4c3)cc2NC(N)C1. The lowest BCUT2D eigenvalue weighted by Gasteiger charge is -2.23. The number of hydrogen-bond donors (Lipinski definition) is 3. The van der Waals surface area contributed by atoms with E-state index in [4.69, 9.17) is 5.73 Å². The first-order valence-electron chi connectivity index (χ1n) is 13.7. The third-order valence-electron chi connectivity index (χ3n) is 7.27. The van der Waals surface area contributed by atoms with Crippen molar-refractivity contribution in [3.63, 3.8) is 0 Å². The highest BCUT2D eigenvalue weighted by atomic mass is 16.2. The summed E-state index contributed by atoms with van der Waals surface area (Å²) in [5, 5.41) is 7.37. The first-order chi connectivity index (χ1) is 18.7. The fourth-order valence-corrected chi connectivity index (χ4v) is 5.29. The average Bonchev–Trinajstić information content (AvgIpc) is 3.08. The molecule has 0 saturated carbocycles. The summed E-state index contributed by atoms with van der Waals surface area (Å²) in [7, 11) is 1.56. The molecule has 0 fully saturated rings. The van der Waals surface area contributed by atoms with Crippen molar-refractivity contribution in [3.8, 4) is 11.1 Å². The highest BCUT2D eigenvalue weighted by Gasteiger charge is 2.24. The molecule has 3 aromatic rings. The number of pyridine rings is 1. The summed E-state index contributed by atoms with van der Waals surface area (Å²) in [4.78, 5) is 40.3. The number of amides is 2. The Kier molecular flexibility index (Phi) is 8.55. The van der Waals surface area contributed by atoms with Gasteiger partial charge in [-0.25, -0.2) is 0 Å². The van der Waals surface area contributed by atoms with Gasteiger partial charge in [0.25, 0.3) is 5.56 Å². The molecule has 1 atom stereocenters. The minimum atomic E-state index is -0.390. The zero-order valence-electron chi connectivity index (χ0n) is 23.6. The molecule has 1 aromatic heterocycles. The quantitative estimate of drug-likeness (QED) is 0.406. The molecule has 2 amide bonds. The van der Waals surface area contributed by atoms with Gasteiger partial charge in [0.15, 0.2) is 0 Å². The van der Waals surface area contributed by atoms with E-state index in [1.54, 1.807) is 7.05 Å². The van der Waals surface area contributed by atoms with Gasteiger partial charge in [0, 0.05) is 54.5 Å². The molecule has 39 heavy (non-hydrogen) atoms. The molecular formula is C31H39N5O3. The number of anilines is 1. The number of nitrogens with one attached hydrogen (secondary N) is 2. The van der Waals surface area contributed by atoms with Crippen LogP contribution in [-0.2, 0) is 16.1 Å². The summed E-state index contributed by atoms with van der Waals surface area (Å²) in [6, 6.07) is 11.9. The van der Waals surface area contributed by atoms with Crippen molar-refractivity contribution < 1.29 is 9.59 Å². The molecule has 0 radical (unpaired) electrons. The second kappa shape index (κ2) is 11.9. The van der Waals surface area contributed by atoms with E-state index in [1.807, 2.05) is 49.1 Å². The van der Waals surface area contributed by atoms with Crippen molar-refractivity contribution in [2.45, 2.75) is 59.7 Å². The summed E-state index contributed by atoms with van der Waals surface area (Å²) in [5.41, 5.74) is 12.5. The largest absolute Gasteiger partial charge is 0.369 e. The monoisotopic (exact) mass is 529 g/mol. The molecule has 0 spiro atoms. The lowest BCUT2D eigenvalue weighted by Crippen LogP contribution is -2.36. The summed E-state index contributed by atoms with van der Waals surface area (Å²) in [6.07, 6.45) is 3.88. The molecule has 1 unspecified atom stereocenters. The Bertz CT molecular complexity index is 1500. The molecule has 206 valence electrons. The van der Waals surface area contributed by atoms with Gasteiger partial charge < -0.3 is 25.8 Å². The molecule has 8 nitrogen and oxygen atoms in total. The normalized spacial score (nSPS) is 14.7. The van der Waals surface area contributed by atoms with Gasteiger partial charge in [-0.3, -0.25) is 14.4 Å². The molecule has 4 rings (SSSR count). The van der Waals surface area contributed by atoms with E-state index < -0.39 is 0 Å². The third-order valence-corrected chi connectivity index (χ3v) is 7.27. The Labute approximate surface area is 229 Å². The Morgan fingerprint density at radius 1 is 1.08 bits per heavy atom. The number of likely N-dealkylation sites (N-methyl/N-ethyl adjacent to an activating group) is 1. The Morgan fingerprint density at radius 2 is 1.79 bits per heavy atom. The van der Waals surface area contributed by atoms with E-state index in [0.717, 1.165) is 70.5 Å². The Morgan fingerprint density at radius 3 is 2.46 bits per heavy atom. The number of carbonyl (C=O) groups is 2. The van der Waals surface area contributed by atoms with Crippen LogP contribution in [-0.4, -0.2) is 47.6 Å². The smallest absolute Gasteiger partial charge is 0.259 e. The van der Waals surface area contributed by atoms with Crippen molar-refractivity contribution in [1.82, 2.24) is 14.8 Å². The zero-order chi connectivity index (χ0) is 28.3. The number of hydrogen-bond acceptors (Lipinski definition) is 5. The maximum Gasteiger partial charge on any atom is 0.259 e. The summed E-state index contributed by atoms with van der Waals surface area (Å²) in [6.45, 7) is 9.49. The number of nitrogens with zero attached hydrogens (tertiary/aromatic N) is 2. The third kappa shape index (κ3) is 5.91. The van der Waals surface area contributed by atoms with Crippen LogP contribution in [0.3, 0.4) is 0 Å². The Balaban J connectivity index is 1.74. The molecule has 0 bridgehead atoms. The molecule has 4 N–H and O–H groups in total. The molecule has 2 aromatic carbocycles. The minimum absolute atomic E-state index is 0.0124. The molecule has 0 saturated heterocycles. The van der Waals surface area contributed by atoms with E-state index >= 15 is 0 Å². The van der Waals surface area contributed by atoms with Gasteiger partial charge in [-0.2, -0.15) is 0 Å². The highest BCUT2D eigenvalue weighted by Crippen LogP contribution is 2.34. The van der Waals surface area contributed by atoms with Crippen LogP contribution in [0, 0.1) is 13.8 Å². The lowest BCUT2D eigenvalue weighted by molar-refractivity contribution is -0.127. The minimum Gasteiger partial charge on any atom is -0.369 e. The van der Waals surface area contributed by atoms with E-state index in [1.165, 1.54) is 4.57 Å². The van der Waals surface area contributed by atoms with Crippen LogP contribution >= 0.6 is 0 Å². The number of fused-ring (bicyclic) bond motifs is 2. The molecule has 8 heteroatoms. The summed E-state index contributed by atoms with van der Waals surface area (Å²) in [5.74, 6) is -0.163. The van der Waals surface area contributed by atoms with Crippen LogP contribution in [0.25, 0.3) is 28.0 Å². The van der Waals surface area contributed by atoms with E-state index in [9.17, 15) is 14.4 Å². The first-order valence-corrected chi connectivity index (χ1v) is 13.7. The van der Waals surface area contributed by atoms with E-state index in [2.05, 4.69) is 36.6 Å². The topological polar surface area (TPSA) is 109 Å². The van der Waals surface area contributed by atoms with Gasteiger partial charge in [0.05, 0.1) is 6.17 Å². The van der Waals surface area contributed by atoms with Gasteiger partial charge >= 0.3 is 0 Å². The second-order valence-corrected chi connectivity index (χ2v) is 10.3. The van der Waals surface area contributed by atoms with Gasteiger partial charge in [0.1, 0.15) is 6.54 Å². The van der Waals surface area contributed by atoms with Gasteiger partial charge in [-0.1, -0.05) is 26.0 Å². The van der Waals surface area contributed by atoms with Crippen LogP contribution in [0.1, 0.15) is 49.9 Å². The molecule has 2 heterocycles. The molecular weight excluding hydrogens is 490 g/mol. The van der Waals surface area contributed by atoms with Crippen LogP contribution in [0.5, 0.6) is 0 Å². The number of aryl methyl sites for hydroxylation is 2. The standard InChI is InChI=1S/C31H39N5O3/c1-6-10-35(11-7-2)30(38)24-15-26-19(3)12-22(16-27(26)34-28(32)17-24)21-8-9-25-23(14-21)13-20(4)36(31(25)39)18-29(37)33-5/h8-9,12-16,28,34H,6-7,10-11,17-18,32H2,1-5H3,(H,33,37). The first kappa shape index (κ1) is 28.1. The fourth-order valence-electron chi connectivity index (χ4n) is 5.29. The maximum atomic E-state index is 13.4. The molecule has 1 aliphatic heterocycles. The highest BCUT2D eigenvalue weighted by molar-refractivity contribution is 6.00. The van der Waals surface area contributed by atoms with Crippen molar-refractivity contribution in [2.75, 3.05) is 25.5 Å². The van der Waals surface area contributed by atoms with E-state index in [0.29, 0.717) is 11.8 Å². The van der Waals surface area contributed by atoms with Gasteiger partial charge in [0.2, 0.25) is 11.8 Å². The summed E-state index contributed by atoms with van der Waals surface area (Å²) < 4.78 is 1.49. The van der Waals surface area contributed by atoms with Crippen molar-refractivity contribution in [1.29, 1.82) is 0 Å². The maximum absolute atomic E-state index is 13.4. The number of benzene rings is 2. The fraction of sp³-hybridized carbons (Fsp3) is 0.387. The molecule has 0 aliphatic carbocycles. The van der Waals surface area contributed by atoms with Crippen LogP contribution in [0.4, 0.5) is 5.69 Å². The van der Waals surface area contributed by atoms with Crippen molar-refractivity contribution in [2.24, 2.45) is 5.73 Å². The second-order valence-electron chi connectivity index (χ2n) is 10.3. The van der Waals surface area contributed by atoms with Gasteiger partial charge in [-0.05, 0) is 79.1 Å². The summed E-state index contributed by atoms with van der Waals surface area (Å²) >= 11 is 0. The number of rotatable bonds is 8. The molecule has 1 aliphatic rings. The van der Waals surface area contributed by atoms with Gasteiger partial charge in [-0.15, -0.1) is 0 Å². The van der Waals surface area contributed by atoms with Crippen LogP contribution < -0.4 is 21.9 Å². The van der Waals surface area contributed by atoms with Crippen LogP contribution in [0.15, 0.2) is 46.8 Å². The van der Waals surface area contributed by atoms with Crippen molar-refractivity contribution in [3.05, 3.63) is 69.1 Å². The van der Waals surface area contributed by atoms with Crippen LogP contribution in [0.2, 0.25) is 0 Å². The Hall–Kier alpha value is -3.91. The van der Waals surface area contributed by atoms with Crippen molar-refractivity contribution >= 4 is 34.4 Å². The lowest BCUT2D eigenvalue weighted by atomic mass is 9.95. The average molecular weight is 530 g/mol. The number of carbonyl (C=O) groups excluding carboxylic acids is 2. The number of nitrogens with two attached hydrogens (primary N) is 1.